The van der Waals surface area contributed by atoms with Crippen LogP contribution < -0.4 is 10.6 Å². The summed E-state index contributed by atoms with van der Waals surface area (Å²) < 4.78 is 0. The first-order valence-electron chi connectivity index (χ1n) is 7.80. The molecule has 0 heterocycles. The molecule has 0 aliphatic heterocycles. The molecule has 0 N–H and O–H groups in total. The molecule has 110 valence electrons. The summed E-state index contributed by atoms with van der Waals surface area (Å²) in [4.78, 5) is 0. The Balaban J connectivity index is 1.68. The summed E-state index contributed by atoms with van der Waals surface area (Å²) >= 11 is 0. The molecule has 0 aliphatic carbocycles. The molecular formula is C22H17P. The van der Waals surface area contributed by atoms with E-state index >= 15 is 0 Å². The van der Waals surface area contributed by atoms with E-state index in [-0.39, 0.29) is 0 Å². The molecule has 1 atom stereocenters. The van der Waals surface area contributed by atoms with E-state index in [1.807, 2.05) is 0 Å². The highest BCUT2D eigenvalue weighted by Crippen LogP contribution is 2.28. The van der Waals surface area contributed by atoms with Crippen molar-refractivity contribution in [3.63, 3.8) is 0 Å². The Bertz CT molecular complexity index is 919. The Morgan fingerprint density at radius 3 is 1.96 bits per heavy atom. The van der Waals surface area contributed by atoms with Crippen LogP contribution in [0.4, 0.5) is 0 Å². The zero-order valence-electron chi connectivity index (χ0n) is 12.7. The van der Waals surface area contributed by atoms with Crippen LogP contribution in [0.25, 0.3) is 21.9 Å². The van der Waals surface area contributed by atoms with Crippen LogP contribution in [0.5, 0.6) is 0 Å². The third kappa shape index (κ3) is 3.04. The van der Waals surface area contributed by atoms with Gasteiger partial charge in [-0.1, -0.05) is 106 Å². The maximum absolute atomic E-state index is 2.25. The molecule has 4 aromatic carbocycles. The van der Waals surface area contributed by atoms with E-state index in [1.54, 1.807) is 0 Å². The van der Waals surface area contributed by atoms with Gasteiger partial charge < -0.3 is 0 Å². The summed E-state index contributed by atoms with van der Waals surface area (Å²) in [5.41, 5.74) is 2.58. The van der Waals surface area contributed by atoms with E-state index in [0.29, 0.717) is 8.58 Å². The zero-order chi connectivity index (χ0) is 15.5. The molecule has 0 radical (unpaired) electrons. The minimum Gasteiger partial charge on any atom is -0.0622 e. The van der Waals surface area contributed by atoms with Gasteiger partial charge in [0.2, 0.25) is 0 Å². The molecule has 0 saturated carbocycles. The number of fused-ring (bicyclic) bond motifs is 1. The van der Waals surface area contributed by atoms with Gasteiger partial charge in [0.25, 0.3) is 0 Å². The van der Waals surface area contributed by atoms with Crippen molar-refractivity contribution < 1.29 is 0 Å². The third-order valence-electron chi connectivity index (χ3n) is 4.05. The molecule has 0 saturated heterocycles. The number of hydrogen-bond acceptors (Lipinski definition) is 0. The number of benzene rings is 4. The summed E-state index contributed by atoms with van der Waals surface area (Å²) in [7, 11) is 0.712. The van der Waals surface area contributed by atoms with Gasteiger partial charge in [-0.25, -0.2) is 0 Å². The van der Waals surface area contributed by atoms with Crippen LogP contribution in [0.15, 0.2) is 97.1 Å². The van der Waals surface area contributed by atoms with E-state index in [2.05, 4.69) is 97.1 Å². The van der Waals surface area contributed by atoms with Crippen molar-refractivity contribution in [2.45, 2.75) is 0 Å². The number of hydrogen-bond donors (Lipinski definition) is 0. The predicted molar refractivity (Wildman–Crippen MR) is 103 cm³/mol. The van der Waals surface area contributed by atoms with Gasteiger partial charge in [-0.3, -0.25) is 0 Å². The lowest BCUT2D eigenvalue weighted by Gasteiger charge is -2.08. The molecule has 4 aromatic rings. The van der Waals surface area contributed by atoms with E-state index < -0.39 is 0 Å². The van der Waals surface area contributed by atoms with Gasteiger partial charge in [0.15, 0.2) is 0 Å². The van der Waals surface area contributed by atoms with E-state index in [4.69, 9.17) is 0 Å². The van der Waals surface area contributed by atoms with Gasteiger partial charge in [-0.2, -0.15) is 0 Å². The standard InChI is InChI=1S/C22H17P/c1-2-9-19(10-3-1)23-20-15-13-18(14-16-20)22-12-6-8-17-7-4-5-11-21(17)22/h1-16,23H. The molecule has 23 heavy (non-hydrogen) atoms. The lowest BCUT2D eigenvalue weighted by Crippen LogP contribution is -2.02. The molecule has 0 amide bonds. The molecule has 0 spiro atoms. The van der Waals surface area contributed by atoms with Crippen LogP contribution in [-0.4, -0.2) is 0 Å². The lowest BCUT2D eigenvalue weighted by molar-refractivity contribution is 1.67. The molecular weight excluding hydrogens is 295 g/mol. The normalized spacial score (nSPS) is 11.3. The van der Waals surface area contributed by atoms with E-state index in [0.717, 1.165) is 0 Å². The molecule has 1 unspecified atom stereocenters. The van der Waals surface area contributed by atoms with Crippen molar-refractivity contribution in [1.82, 2.24) is 0 Å². The number of rotatable bonds is 3. The van der Waals surface area contributed by atoms with Gasteiger partial charge in [-0.15, -0.1) is 0 Å². The highest BCUT2D eigenvalue weighted by Gasteiger charge is 2.03. The Morgan fingerprint density at radius 1 is 0.478 bits per heavy atom. The molecule has 0 bridgehead atoms. The molecule has 0 nitrogen and oxygen atoms in total. The fraction of sp³-hybridized carbons (Fsp3) is 0. The van der Waals surface area contributed by atoms with Crippen molar-refractivity contribution in [2.24, 2.45) is 0 Å². The van der Waals surface area contributed by atoms with Gasteiger partial charge in [0.1, 0.15) is 0 Å². The minimum absolute atomic E-state index is 0.712. The first-order chi connectivity index (χ1) is 11.4. The van der Waals surface area contributed by atoms with Crippen molar-refractivity contribution in [3.05, 3.63) is 97.1 Å². The first kappa shape index (κ1) is 14.2. The van der Waals surface area contributed by atoms with Crippen LogP contribution in [0.1, 0.15) is 0 Å². The van der Waals surface area contributed by atoms with Crippen LogP contribution in [-0.2, 0) is 0 Å². The summed E-state index contributed by atoms with van der Waals surface area (Å²) in [6.45, 7) is 0. The van der Waals surface area contributed by atoms with E-state index in [1.165, 1.54) is 32.5 Å². The highest BCUT2D eigenvalue weighted by atomic mass is 31.1. The van der Waals surface area contributed by atoms with E-state index in [9.17, 15) is 0 Å². The topological polar surface area (TPSA) is 0 Å². The average molecular weight is 312 g/mol. The predicted octanol–water partition coefficient (Wildman–Crippen LogP) is 5.14. The second-order valence-corrected chi connectivity index (χ2v) is 7.00. The Labute approximate surface area is 138 Å². The average Bonchev–Trinajstić information content (AvgIpc) is 2.63. The summed E-state index contributed by atoms with van der Waals surface area (Å²) in [6.07, 6.45) is 0. The lowest BCUT2D eigenvalue weighted by atomic mass is 9.98. The fourth-order valence-corrected chi connectivity index (χ4v) is 3.92. The maximum Gasteiger partial charge on any atom is -0.0105 e. The maximum atomic E-state index is 2.25. The van der Waals surface area contributed by atoms with Gasteiger partial charge in [0, 0.05) is 0 Å². The quantitative estimate of drug-likeness (QED) is 0.460. The molecule has 0 aromatic heterocycles. The Hall–Kier alpha value is -2.43. The summed E-state index contributed by atoms with van der Waals surface area (Å²) in [6, 6.07) is 34.7. The van der Waals surface area contributed by atoms with Gasteiger partial charge in [0.05, 0.1) is 0 Å². The Morgan fingerprint density at radius 2 is 1.13 bits per heavy atom. The fourth-order valence-electron chi connectivity index (χ4n) is 2.90. The molecule has 1 heteroatoms. The van der Waals surface area contributed by atoms with Crippen molar-refractivity contribution in [2.75, 3.05) is 0 Å². The van der Waals surface area contributed by atoms with Crippen LogP contribution in [0.2, 0.25) is 0 Å². The SMILES string of the molecule is c1ccc(Pc2ccc(-c3cccc4ccccc34)cc2)cc1. The van der Waals surface area contributed by atoms with Gasteiger partial charge >= 0.3 is 0 Å². The van der Waals surface area contributed by atoms with Crippen molar-refractivity contribution in [1.29, 1.82) is 0 Å². The van der Waals surface area contributed by atoms with Crippen LogP contribution in [0, 0.1) is 0 Å². The van der Waals surface area contributed by atoms with Crippen molar-refractivity contribution in [3.8, 4) is 11.1 Å². The van der Waals surface area contributed by atoms with Crippen LogP contribution >= 0.6 is 8.58 Å². The monoisotopic (exact) mass is 312 g/mol. The Kier molecular flexibility index (Phi) is 3.92. The molecule has 4 rings (SSSR count). The first-order valence-corrected chi connectivity index (χ1v) is 8.80. The minimum atomic E-state index is 0.712. The summed E-state index contributed by atoms with van der Waals surface area (Å²) in [5.74, 6) is 0. The largest absolute Gasteiger partial charge is 0.0622 e. The highest BCUT2D eigenvalue weighted by molar-refractivity contribution is 7.55. The third-order valence-corrected chi connectivity index (χ3v) is 5.29. The second kappa shape index (κ2) is 6.36. The van der Waals surface area contributed by atoms with Gasteiger partial charge in [-0.05, 0) is 32.5 Å². The van der Waals surface area contributed by atoms with Crippen LogP contribution in [0.3, 0.4) is 0 Å². The second-order valence-electron chi connectivity index (χ2n) is 5.60. The summed E-state index contributed by atoms with van der Waals surface area (Å²) in [5, 5.41) is 5.36. The van der Waals surface area contributed by atoms with Crippen molar-refractivity contribution >= 4 is 30.0 Å². The molecule has 0 aliphatic rings. The smallest absolute Gasteiger partial charge is 0.0105 e. The zero-order valence-corrected chi connectivity index (χ0v) is 13.7. The molecule has 0 fully saturated rings.